The van der Waals surface area contributed by atoms with Crippen molar-refractivity contribution in [2.24, 2.45) is 0 Å². The standard InChI is InChI=1S/C23H28FNO6/c1-15-20(29-2)12-17(13-21(15)30-3)23(28)19(25-10-11-31-14-22(26)27)9-8-16-6-4-5-7-18(16)24/h4-7,12-13,19,25H,8-11,14H2,1-3H3,(H,26,27). The van der Waals surface area contributed by atoms with Crippen LogP contribution in [0.4, 0.5) is 4.39 Å². The van der Waals surface area contributed by atoms with Crippen LogP contribution in [-0.2, 0) is 16.0 Å². The average molecular weight is 433 g/mol. The highest BCUT2D eigenvalue weighted by Gasteiger charge is 2.22. The summed E-state index contributed by atoms with van der Waals surface area (Å²) in [4.78, 5) is 23.8. The van der Waals surface area contributed by atoms with E-state index < -0.39 is 18.6 Å². The van der Waals surface area contributed by atoms with Crippen LogP contribution in [0.3, 0.4) is 0 Å². The van der Waals surface area contributed by atoms with Gasteiger partial charge in [0.2, 0.25) is 0 Å². The molecule has 0 radical (unpaired) electrons. The Morgan fingerprint density at radius 1 is 1.13 bits per heavy atom. The molecule has 0 spiro atoms. The summed E-state index contributed by atoms with van der Waals surface area (Å²) in [5.41, 5.74) is 1.69. The number of halogens is 1. The molecule has 0 heterocycles. The number of carbonyl (C=O) groups excluding carboxylic acids is 1. The molecule has 0 aliphatic heterocycles. The first kappa shape index (κ1) is 24.3. The maximum Gasteiger partial charge on any atom is 0.329 e. The number of methoxy groups -OCH3 is 2. The van der Waals surface area contributed by atoms with Crippen molar-refractivity contribution in [1.82, 2.24) is 5.32 Å². The Labute approximate surface area is 181 Å². The van der Waals surface area contributed by atoms with E-state index in [1.54, 1.807) is 30.3 Å². The molecule has 1 atom stereocenters. The van der Waals surface area contributed by atoms with Gasteiger partial charge < -0.3 is 24.6 Å². The molecule has 31 heavy (non-hydrogen) atoms. The van der Waals surface area contributed by atoms with Gasteiger partial charge in [-0.25, -0.2) is 9.18 Å². The first-order valence-corrected chi connectivity index (χ1v) is 9.90. The van der Waals surface area contributed by atoms with E-state index in [0.29, 0.717) is 35.5 Å². The van der Waals surface area contributed by atoms with Gasteiger partial charge in [-0.2, -0.15) is 0 Å². The van der Waals surface area contributed by atoms with Crippen LogP contribution in [0.2, 0.25) is 0 Å². The minimum Gasteiger partial charge on any atom is -0.496 e. The van der Waals surface area contributed by atoms with Crippen LogP contribution in [0, 0.1) is 12.7 Å². The molecule has 0 amide bonds. The summed E-state index contributed by atoms with van der Waals surface area (Å²) in [5, 5.41) is 11.8. The van der Waals surface area contributed by atoms with Gasteiger partial charge in [-0.15, -0.1) is 0 Å². The topological polar surface area (TPSA) is 94.1 Å². The first-order chi connectivity index (χ1) is 14.9. The van der Waals surface area contributed by atoms with Crippen molar-refractivity contribution in [3.63, 3.8) is 0 Å². The zero-order valence-corrected chi connectivity index (χ0v) is 17.9. The number of carboxylic acids is 1. The molecule has 2 N–H and O–H groups in total. The van der Waals surface area contributed by atoms with Crippen molar-refractivity contribution in [2.45, 2.75) is 25.8 Å². The van der Waals surface area contributed by atoms with Gasteiger partial charge in [0, 0.05) is 17.7 Å². The van der Waals surface area contributed by atoms with E-state index in [1.807, 2.05) is 6.92 Å². The fraction of sp³-hybridized carbons (Fsp3) is 0.391. The Morgan fingerprint density at radius 3 is 2.35 bits per heavy atom. The number of nitrogens with one attached hydrogen (secondary N) is 1. The SMILES string of the molecule is COc1cc(C(=O)C(CCc2ccccc2F)NCCOCC(=O)O)cc(OC)c1C. The third-order valence-electron chi connectivity index (χ3n) is 4.88. The number of aryl methyl sites for hydroxylation is 1. The predicted octanol–water partition coefficient (Wildman–Crippen LogP) is 3.03. The van der Waals surface area contributed by atoms with Gasteiger partial charge >= 0.3 is 5.97 Å². The molecule has 7 nitrogen and oxygen atoms in total. The number of hydrogen-bond acceptors (Lipinski definition) is 6. The van der Waals surface area contributed by atoms with E-state index in [0.717, 1.165) is 5.56 Å². The fourth-order valence-electron chi connectivity index (χ4n) is 3.22. The van der Waals surface area contributed by atoms with Crippen molar-refractivity contribution in [1.29, 1.82) is 0 Å². The molecule has 2 rings (SSSR count). The molecule has 168 valence electrons. The van der Waals surface area contributed by atoms with Crippen molar-refractivity contribution < 1.29 is 33.3 Å². The molecule has 0 saturated heterocycles. The Hall–Kier alpha value is -2.97. The maximum atomic E-state index is 14.0. The third kappa shape index (κ3) is 7.04. The number of ether oxygens (including phenoxy) is 3. The van der Waals surface area contributed by atoms with Crippen molar-refractivity contribution in [2.75, 3.05) is 34.0 Å². The molecule has 8 heteroatoms. The normalized spacial score (nSPS) is 11.7. The largest absolute Gasteiger partial charge is 0.496 e. The van der Waals surface area contributed by atoms with Crippen molar-refractivity contribution in [3.05, 3.63) is 58.9 Å². The summed E-state index contributed by atoms with van der Waals surface area (Å²) < 4.78 is 29.8. The number of rotatable bonds is 13. The summed E-state index contributed by atoms with van der Waals surface area (Å²) in [6.45, 7) is 1.80. The Bertz CT molecular complexity index is 876. The predicted molar refractivity (Wildman–Crippen MR) is 114 cm³/mol. The summed E-state index contributed by atoms with van der Waals surface area (Å²) in [6, 6.07) is 9.10. The monoisotopic (exact) mass is 433 g/mol. The molecule has 0 fully saturated rings. The van der Waals surface area contributed by atoms with Crippen LogP contribution in [0.15, 0.2) is 36.4 Å². The number of ketones is 1. The Balaban J connectivity index is 2.18. The van der Waals surface area contributed by atoms with Crippen LogP contribution < -0.4 is 14.8 Å². The molecular weight excluding hydrogens is 405 g/mol. The van der Waals surface area contributed by atoms with E-state index in [9.17, 15) is 14.0 Å². The summed E-state index contributed by atoms with van der Waals surface area (Å²) in [6.07, 6.45) is 0.698. The minimum atomic E-state index is -1.06. The average Bonchev–Trinajstić information content (AvgIpc) is 2.76. The van der Waals surface area contributed by atoms with Crippen LogP contribution in [0.1, 0.15) is 27.9 Å². The Morgan fingerprint density at radius 2 is 1.77 bits per heavy atom. The fourth-order valence-corrected chi connectivity index (χ4v) is 3.22. The quantitative estimate of drug-likeness (QED) is 0.370. The van der Waals surface area contributed by atoms with E-state index >= 15 is 0 Å². The highest BCUT2D eigenvalue weighted by atomic mass is 19.1. The van der Waals surface area contributed by atoms with Crippen LogP contribution in [-0.4, -0.2) is 56.9 Å². The lowest BCUT2D eigenvalue weighted by Crippen LogP contribution is -2.39. The van der Waals surface area contributed by atoms with Gasteiger partial charge in [0.1, 0.15) is 23.9 Å². The lowest BCUT2D eigenvalue weighted by Gasteiger charge is -2.19. The highest BCUT2D eigenvalue weighted by molar-refractivity contribution is 6.01. The van der Waals surface area contributed by atoms with Gasteiger partial charge in [0.25, 0.3) is 0 Å². The number of carboxylic acid groups (broad SMARTS) is 1. The number of aliphatic carboxylic acids is 1. The third-order valence-corrected chi connectivity index (χ3v) is 4.88. The highest BCUT2D eigenvalue weighted by Crippen LogP contribution is 2.30. The molecule has 0 saturated carbocycles. The maximum absolute atomic E-state index is 14.0. The second-order valence-corrected chi connectivity index (χ2v) is 6.95. The van der Waals surface area contributed by atoms with Gasteiger partial charge in [-0.3, -0.25) is 4.79 Å². The van der Waals surface area contributed by atoms with Crippen LogP contribution >= 0.6 is 0 Å². The lowest BCUT2D eigenvalue weighted by atomic mass is 9.96. The summed E-state index contributed by atoms with van der Waals surface area (Å²) in [5.74, 6) is -0.532. The molecule has 0 bridgehead atoms. The molecular formula is C23H28FNO6. The van der Waals surface area contributed by atoms with Gasteiger partial charge in [-0.05, 0) is 43.5 Å². The molecule has 0 aliphatic rings. The van der Waals surface area contributed by atoms with Gasteiger partial charge in [-0.1, -0.05) is 18.2 Å². The number of benzene rings is 2. The second kappa shape index (κ2) is 12.0. The molecule has 0 aromatic heterocycles. The first-order valence-electron chi connectivity index (χ1n) is 9.90. The lowest BCUT2D eigenvalue weighted by molar-refractivity contribution is -0.142. The molecule has 1 unspecified atom stereocenters. The molecule has 2 aromatic rings. The zero-order valence-electron chi connectivity index (χ0n) is 17.9. The van der Waals surface area contributed by atoms with E-state index in [1.165, 1.54) is 20.3 Å². The number of carbonyl (C=O) groups is 2. The molecule has 2 aromatic carbocycles. The second-order valence-electron chi connectivity index (χ2n) is 6.95. The van der Waals surface area contributed by atoms with E-state index in [-0.39, 0.29) is 24.8 Å². The van der Waals surface area contributed by atoms with Crippen LogP contribution in [0.5, 0.6) is 11.5 Å². The van der Waals surface area contributed by atoms with E-state index in [4.69, 9.17) is 19.3 Å². The molecule has 0 aliphatic carbocycles. The van der Waals surface area contributed by atoms with Gasteiger partial charge in [0.05, 0.1) is 26.9 Å². The van der Waals surface area contributed by atoms with Gasteiger partial charge in [0.15, 0.2) is 5.78 Å². The van der Waals surface area contributed by atoms with Crippen LogP contribution in [0.25, 0.3) is 0 Å². The van der Waals surface area contributed by atoms with Crippen molar-refractivity contribution >= 4 is 11.8 Å². The smallest absolute Gasteiger partial charge is 0.329 e. The Kier molecular flexibility index (Phi) is 9.42. The summed E-state index contributed by atoms with van der Waals surface area (Å²) in [7, 11) is 3.04. The zero-order chi connectivity index (χ0) is 22.8. The minimum absolute atomic E-state index is 0.121. The van der Waals surface area contributed by atoms with Crippen molar-refractivity contribution in [3.8, 4) is 11.5 Å². The number of hydrogen-bond donors (Lipinski definition) is 2. The van der Waals surface area contributed by atoms with E-state index in [2.05, 4.69) is 5.32 Å². The number of Topliss-reactive ketones (excluding diaryl/α,β-unsaturated/α-hetero) is 1. The summed E-state index contributed by atoms with van der Waals surface area (Å²) >= 11 is 0.